The van der Waals surface area contributed by atoms with Crippen LogP contribution in [-0.2, 0) is 20.4 Å². The molecule has 0 radical (unpaired) electrons. The van der Waals surface area contributed by atoms with Gasteiger partial charge in [-0.25, -0.2) is 8.42 Å². The Bertz CT molecular complexity index is 743. The van der Waals surface area contributed by atoms with Crippen molar-refractivity contribution < 1.29 is 13.2 Å². The molecule has 138 valence electrons. The van der Waals surface area contributed by atoms with Gasteiger partial charge < -0.3 is 4.90 Å². The number of sulfone groups is 1. The molecule has 2 unspecified atom stereocenters. The van der Waals surface area contributed by atoms with Crippen molar-refractivity contribution >= 4 is 27.5 Å². The summed E-state index contributed by atoms with van der Waals surface area (Å²) in [6.45, 7) is 5.52. The minimum atomic E-state index is -3.04. The molecule has 0 N–H and O–H groups in total. The Morgan fingerprint density at radius 3 is 2.44 bits per heavy atom. The second kappa shape index (κ2) is 7.29. The van der Waals surface area contributed by atoms with Gasteiger partial charge in [-0.3, -0.25) is 9.69 Å². The SMILES string of the molecule is Cc1cc(C)cc(CSCC(=O)N2CCN(C)C3CS(=O)(=O)CC32)c1. The van der Waals surface area contributed by atoms with Crippen LogP contribution in [0.15, 0.2) is 18.2 Å². The Morgan fingerprint density at radius 2 is 1.76 bits per heavy atom. The summed E-state index contributed by atoms with van der Waals surface area (Å²) in [6.07, 6.45) is 0. The predicted molar refractivity (Wildman–Crippen MR) is 103 cm³/mol. The molecule has 1 amide bonds. The van der Waals surface area contributed by atoms with Crippen molar-refractivity contribution in [1.82, 2.24) is 9.80 Å². The second-order valence-corrected chi connectivity index (χ2v) is 10.4. The van der Waals surface area contributed by atoms with Gasteiger partial charge in [-0.05, 0) is 26.5 Å². The fourth-order valence-electron chi connectivity index (χ4n) is 3.93. The number of benzene rings is 1. The standard InChI is InChI=1S/C18H26N2O3S2/c1-13-6-14(2)8-15(7-13)9-24-10-18(21)20-5-4-19(3)16-11-25(22,23)12-17(16)20/h6-8,16-17H,4-5,9-12H2,1-3H3. The number of thioether (sulfide) groups is 1. The number of likely N-dealkylation sites (N-methyl/N-ethyl adjacent to an activating group) is 1. The number of hydrogen-bond donors (Lipinski definition) is 0. The van der Waals surface area contributed by atoms with E-state index >= 15 is 0 Å². The predicted octanol–water partition coefficient (Wildman–Crippen LogP) is 1.48. The molecule has 0 bridgehead atoms. The molecule has 2 atom stereocenters. The Labute approximate surface area is 154 Å². The lowest BCUT2D eigenvalue weighted by atomic mass is 10.1. The highest BCUT2D eigenvalue weighted by Crippen LogP contribution is 2.27. The van der Waals surface area contributed by atoms with Gasteiger partial charge in [0.25, 0.3) is 0 Å². The van der Waals surface area contributed by atoms with Gasteiger partial charge in [-0.1, -0.05) is 29.3 Å². The van der Waals surface area contributed by atoms with E-state index in [4.69, 9.17) is 0 Å². The third-order valence-electron chi connectivity index (χ3n) is 5.05. The van der Waals surface area contributed by atoms with Crippen LogP contribution in [0.4, 0.5) is 0 Å². The van der Waals surface area contributed by atoms with Gasteiger partial charge in [0.15, 0.2) is 9.84 Å². The van der Waals surface area contributed by atoms with Gasteiger partial charge in [0.1, 0.15) is 0 Å². The molecule has 1 aromatic carbocycles. The molecule has 2 aliphatic heterocycles. The first-order valence-electron chi connectivity index (χ1n) is 8.60. The van der Waals surface area contributed by atoms with Gasteiger partial charge >= 0.3 is 0 Å². The summed E-state index contributed by atoms with van der Waals surface area (Å²) in [7, 11) is -1.09. The van der Waals surface area contributed by atoms with E-state index in [-0.39, 0.29) is 29.5 Å². The molecular formula is C18H26N2O3S2. The number of rotatable bonds is 4. The lowest BCUT2D eigenvalue weighted by Crippen LogP contribution is -2.59. The van der Waals surface area contributed by atoms with E-state index in [2.05, 4.69) is 36.9 Å². The summed E-state index contributed by atoms with van der Waals surface area (Å²) in [5.74, 6) is 1.55. The van der Waals surface area contributed by atoms with Crippen LogP contribution in [-0.4, -0.2) is 73.6 Å². The zero-order valence-corrected chi connectivity index (χ0v) is 16.7. The summed E-state index contributed by atoms with van der Waals surface area (Å²) < 4.78 is 24.0. The first-order chi connectivity index (χ1) is 11.7. The second-order valence-electron chi connectivity index (χ2n) is 7.27. The van der Waals surface area contributed by atoms with E-state index in [1.807, 2.05) is 11.9 Å². The van der Waals surface area contributed by atoms with Gasteiger partial charge in [-0.2, -0.15) is 0 Å². The fourth-order valence-corrected chi connectivity index (χ4v) is 6.83. The highest BCUT2D eigenvalue weighted by Gasteiger charge is 2.46. The largest absolute Gasteiger partial charge is 0.335 e. The molecule has 2 heterocycles. The fraction of sp³-hybridized carbons (Fsp3) is 0.611. The molecule has 2 fully saturated rings. The summed E-state index contributed by atoms with van der Waals surface area (Å²) in [5.41, 5.74) is 3.70. The summed E-state index contributed by atoms with van der Waals surface area (Å²) in [5, 5.41) is 0. The molecule has 2 aliphatic rings. The smallest absolute Gasteiger partial charge is 0.232 e. The number of aryl methyl sites for hydroxylation is 2. The molecule has 1 aromatic rings. The summed E-state index contributed by atoms with van der Waals surface area (Å²) in [4.78, 5) is 16.6. The number of piperazine rings is 1. The highest BCUT2D eigenvalue weighted by molar-refractivity contribution is 7.99. The van der Waals surface area contributed by atoms with Crippen molar-refractivity contribution in [1.29, 1.82) is 0 Å². The van der Waals surface area contributed by atoms with Gasteiger partial charge in [-0.15, -0.1) is 11.8 Å². The van der Waals surface area contributed by atoms with E-state index in [9.17, 15) is 13.2 Å². The van der Waals surface area contributed by atoms with Gasteiger partial charge in [0.05, 0.1) is 23.3 Å². The molecule has 2 saturated heterocycles. The lowest BCUT2D eigenvalue weighted by Gasteiger charge is -2.42. The first kappa shape index (κ1) is 18.7. The van der Waals surface area contributed by atoms with Crippen LogP contribution in [0.25, 0.3) is 0 Å². The van der Waals surface area contributed by atoms with Crippen molar-refractivity contribution in [2.45, 2.75) is 31.7 Å². The Morgan fingerprint density at radius 1 is 1.12 bits per heavy atom. The zero-order valence-electron chi connectivity index (χ0n) is 15.1. The molecule has 0 aromatic heterocycles. The monoisotopic (exact) mass is 382 g/mol. The average molecular weight is 383 g/mol. The van der Waals surface area contributed by atoms with Crippen LogP contribution >= 0.6 is 11.8 Å². The Kier molecular flexibility index (Phi) is 5.46. The van der Waals surface area contributed by atoms with Crippen LogP contribution < -0.4 is 0 Å². The molecule has 7 heteroatoms. The first-order valence-corrected chi connectivity index (χ1v) is 11.6. The maximum atomic E-state index is 12.7. The minimum Gasteiger partial charge on any atom is -0.335 e. The zero-order chi connectivity index (χ0) is 18.2. The van der Waals surface area contributed by atoms with Crippen LogP contribution in [0, 0.1) is 13.8 Å². The number of carbonyl (C=O) groups is 1. The third kappa shape index (κ3) is 4.38. The molecule has 5 nitrogen and oxygen atoms in total. The van der Waals surface area contributed by atoms with Crippen molar-refractivity contribution in [3.8, 4) is 0 Å². The van der Waals surface area contributed by atoms with E-state index in [0.717, 1.165) is 12.3 Å². The normalized spacial score (nSPS) is 25.8. The number of nitrogens with zero attached hydrogens (tertiary/aromatic N) is 2. The van der Waals surface area contributed by atoms with Crippen molar-refractivity contribution in [2.75, 3.05) is 37.4 Å². The highest BCUT2D eigenvalue weighted by atomic mass is 32.2. The number of fused-ring (bicyclic) bond motifs is 1. The minimum absolute atomic E-state index is 0.0490. The van der Waals surface area contributed by atoms with Crippen LogP contribution in [0.5, 0.6) is 0 Å². The van der Waals surface area contributed by atoms with Crippen LogP contribution in [0.3, 0.4) is 0 Å². The molecule has 0 aliphatic carbocycles. The lowest BCUT2D eigenvalue weighted by molar-refractivity contribution is -0.133. The summed E-state index contributed by atoms with van der Waals surface area (Å²) >= 11 is 1.61. The maximum absolute atomic E-state index is 12.7. The van der Waals surface area contributed by atoms with Gasteiger partial charge in [0, 0.05) is 24.9 Å². The van der Waals surface area contributed by atoms with Crippen LogP contribution in [0.2, 0.25) is 0 Å². The van der Waals surface area contributed by atoms with E-state index < -0.39 is 9.84 Å². The molecule has 0 spiro atoms. The topological polar surface area (TPSA) is 57.7 Å². The van der Waals surface area contributed by atoms with E-state index in [1.165, 1.54) is 16.7 Å². The van der Waals surface area contributed by atoms with Crippen LogP contribution in [0.1, 0.15) is 16.7 Å². The van der Waals surface area contributed by atoms with E-state index in [0.29, 0.717) is 12.3 Å². The molecular weight excluding hydrogens is 356 g/mol. The average Bonchev–Trinajstić information content (AvgIpc) is 2.82. The Balaban J connectivity index is 1.59. The molecule has 25 heavy (non-hydrogen) atoms. The summed E-state index contributed by atoms with van der Waals surface area (Å²) in [6, 6.07) is 6.22. The number of hydrogen-bond acceptors (Lipinski definition) is 5. The quantitative estimate of drug-likeness (QED) is 0.789. The van der Waals surface area contributed by atoms with Gasteiger partial charge in [0.2, 0.25) is 5.91 Å². The third-order valence-corrected chi connectivity index (χ3v) is 7.74. The van der Waals surface area contributed by atoms with E-state index in [1.54, 1.807) is 11.8 Å². The van der Waals surface area contributed by atoms with Crippen molar-refractivity contribution in [2.24, 2.45) is 0 Å². The van der Waals surface area contributed by atoms with Crippen molar-refractivity contribution in [3.63, 3.8) is 0 Å². The number of amides is 1. The molecule has 3 rings (SSSR count). The molecule has 0 saturated carbocycles. The Hall–Kier alpha value is -1.05. The van der Waals surface area contributed by atoms with Crippen molar-refractivity contribution in [3.05, 3.63) is 34.9 Å². The maximum Gasteiger partial charge on any atom is 0.232 e. The number of carbonyl (C=O) groups excluding carboxylic acids is 1.